The Balaban J connectivity index is 1.94. The van der Waals surface area contributed by atoms with Gasteiger partial charge in [0.15, 0.2) is 0 Å². The first-order valence-corrected chi connectivity index (χ1v) is 7.24. The van der Waals surface area contributed by atoms with Crippen molar-refractivity contribution in [2.45, 2.75) is 6.61 Å². The Morgan fingerprint density at radius 1 is 0.870 bits per heavy atom. The maximum atomic E-state index is 14.2. The van der Waals surface area contributed by atoms with Gasteiger partial charge in [-0.05, 0) is 29.8 Å². The van der Waals surface area contributed by atoms with Crippen LogP contribution in [0, 0.1) is 17.1 Å². The van der Waals surface area contributed by atoms with Gasteiger partial charge < -0.3 is 4.74 Å². The molecule has 0 radical (unpaired) electrons. The van der Waals surface area contributed by atoms with Crippen LogP contribution in [0.25, 0.3) is 11.1 Å². The van der Waals surface area contributed by atoms with Crippen LogP contribution < -0.4 is 4.74 Å². The highest BCUT2D eigenvalue weighted by Crippen LogP contribution is 2.32. The average molecular weight is 303 g/mol. The van der Waals surface area contributed by atoms with Crippen molar-refractivity contribution in [3.8, 4) is 22.9 Å². The largest absolute Gasteiger partial charge is 0.488 e. The van der Waals surface area contributed by atoms with E-state index in [0.717, 1.165) is 5.56 Å². The molecule has 3 aromatic carbocycles. The van der Waals surface area contributed by atoms with Crippen LogP contribution in [0.15, 0.2) is 72.8 Å². The molecule has 0 aliphatic heterocycles. The number of ether oxygens (including phenoxy) is 1. The molecule has 0 spiro atoms. The first-order valence-electron chi connectivity index (χ1n) is 7.24. The van der Waals surface area contributed by atoms with Crippen molar-refractivity contribution in [1.82, 2.24) is 0 Å². The van der Waals surface area contributed by atoms with Crippen LogP contribution in [0.5, 0.6) is 5.75 Å². The molecule has 0 saturated carbocycles. The number of halogens is 1. The van der Waals surface area contributed by atoms with E-state index in [1.54, 1.807) is 18.2 Å². The molecule has 0 saturated heterocycles. The summed E-state index contributed by atoms with van der Waals surface area (Å²) in [6, 6.07) is 23.4. The molecule has 0 aliphatic rings. The van der Waals surface area contributed by atoms with Crippen molar-refractivity contribution in [2.24, 2.45) is 0 Å². The summed E-state index contributed by atoms with van der Waals surface area (Å²) in [5.41, 5.74) is 2.46. The third kappa shape index (κ3) is 3.38. The molecule has 0 amide bonds. The minimum atomic E-state index is -0.375. The fraction of sp³-hybridized carbons (Fsp3) is 0.0500. The Labute approximate surface area is 134 Å². The summed E-state index contributed by atoms with van der Waals surface area (Å²) in [5.74, 6) is 0.213. The molecular weight excluding hydrogens is 289 g/mol. The summed E-state index contributed by atoms with van der Waals surface area (Å²) in [5, 5.41) is 9.02. The molecule has 0 unspecified atom stereocenters. The topological polar surface area (TPSA) is 33.0 Å². The fourth-order valence-corrected chi connectivity index (χ4v) is 2.35. The van der Waals surface area contributed by atoms with Crippen LogP contribution >= 0.6 is 0 Å². The van der Waals surface area contributed by atoms with E-state index >= 15 is 0 Å². The maximum Gasteiger partial charge on any atom is 0.131 e. The Kier molecular flexibility index (Phi) is 4.35. The van der Waals surface area contributed by atoms with Gasteiger partial charge in [-0.2, -0.15) is 5.26 Å². The first-order chi connectivity index (χ1) is 11.3. The first kappa shape index (κ1) is 14.8. The number of nitriles is 1. The zero-order valence-electron chi connectivity index (χ0n) is 12.4. The number of para-hydroxylation sites is 1. The van der Waals surface area contributed by atoms with Crippen LogP contribution in [-0.4, -0.2) is 0 Å². The van der Waals surface area contributed by atoms with Crippen molar-refractivity contribution in [2.75, 3.05) is 0 Å². The van der Waals surface area contributed by atoms with Crippen LogP contribution in [0.1, 0.15) is 11.1 Å². The molecular formula is C20H14FNO. The van der Waals surface area contributed by atoms with Crippen LogP contribution in [0.4, 0.5) is 4.39 Å². The van der Waals surface area contributed by atoms with Crippen molar-refractivity contribution < 1.29 is 9.13 Å². The monoisotopic (exact) mass is 303 g/mol. The predicted octanol–water partition coefficient (Wildman–Crippen LogP) is 4.94. The van der Waals surface area contributed by atoms with E-state index in [0.29, 0.717) is 29.0 Å². The Morgan fingerprint density at radius 2 is 1.61 bits per heavy atom. The van der Waals surface area contributed by atoms with Gasteiger partial charge in [-0.1, -0.05) is 48.5 Å². The summed E-state index contributed by atoms with van der Waals surface area (Å²) < 4.78 is 20.0. The highest BCUT2D eigenvalue weighted by atomic mass is 19.1. The summed E-state index contributed by atoms with van der Waals surface area (Å²) in [7, 11) is 0. The van der Waals surface area contributed by atoms with E-state index in [-0.39, 0.29) is 5.82 Å². The molecule has 2 nitrogen and oxygen atoms in total. The van der Waals surface area contributed by atoms with Crippen molar-refractivity contribution in [3.63, 3.8) is 0 Å². The predicted molar refractivity (Wildman–Crippen MR) is 87.3 cm³/mol. The SMILES string of the molecule is N#Cc1ccc(F)c(-c2ccccc2OCc2ccccc2)c1. The van der Waals surface area contributed by atoms with Crippen molar-refractivity contribution >= 4 is 0 Å². The van der Waals surface area contributed by atoms with Gasteiger partial charge in [0.1, 0.15) is 18.2 Å². The van der Waals surface area contributed by atoms with E-state index in [2.05, 4.69) is 0 Å². The smallest absolute Gasteiger partial charge is 0.131 e. The van der Waals surface area contributed by atoms with Crippen molar-refractivity contribution in [3.05, 3.63) is 89.7 Å². The third-order valence-corrected chi connectivity index (χ3v) is 3.51. The molecule has 3 heteroatoms. The molecule has 3 aromatic rings. The van der Waals surface area contributed by atoms with Gasteiger partial charge in [-0.15, -0.1) is 0 Å². The zero-order valence-corrected chi connectivity index (χ0v) is 12.4. The normalized spacial score (nSPS) is 10.1. The van der Waals surface area contributed by atoms with Crippen LogP contribution in [-0.2, 0) is 6.61 Å². The molecule has 0 bridgehead atoms. The zero-order chi connectivity index (χ0) is 16.1. The number of rotatable bonds is 4. The number of nitrogens with zero attached hydrogens (tertiary/aromatic N) is 1. The lowest BCUT2D eigenvalue weighted by Gasteiger charge is -2.12. The minimum absolute atomic E-state index is 0.368. The summed E-state index contributed by atoms with van der Waals surface area (Å²) in [4.78, 5) is 0. The number of hydrogen-bond acceptors (Lipinski definition) is 2. The highest BCUT2D eigenvalue weighted by molar-refractivity contribution is 5.72. The molecule has 23 heavy (non-hydrogen) atoms. The lowest BCUT2D eigenvalue weighted by Crippen LogP contribution is -1.97. The third-order valence-electron chi connectivity index (χ3n) is 3.51. The molecule has 0 aromatic heterocycles. The van der Waals surface area contributed by atoms with Crippen LogP contribution in [0.2, 0.25) is 0 Å². The second-order valence-electron chi connectivity index (χ2n) is 5.08. The van der Waals surface area contributed by atoms with E-state index in [1.807, 2.05) is 48.5 Å². The molecule has 112 valence electrons. The second kappa shape index (κ2) is 6.76. The van der Waals surface area contributed by atoms with E-state index < -0.39 is 0 Å². The molecule has 0 heterocycles. The van der Waals surface area contributed by atoms with E-state index in [1.165, 1.54) is 12.1 Å². The molecule has 3 rings (SSSR count). The Morgan fingerprint density at radius 3 is 2.39 bits per heavy atom. The Bertz CT molecular complexity index is 853. The molecule has 0 aliphatic carbocycles. The van der Waals surface area contributed by atoms with Gasteiger partial charge in [-0.25, -0.2) is 4.39 Å². The van der Waals surface area contributed by atoms with E-state index in [9.17, 15) is 4.39 Å². The highest BCUT2D eigenvalue weighted by Gasteiger charge is 2.11. The van der Waals surface area contributed by atoms with Gasteiger partial charge >= 0.3 is 0 Å². The van der Waals surface area contributed by atoms with Crippen LogP contribution in [0.3, 0.4) is 0 Å². The quantitative estimate of drug-likeness (QED) is 0.683. The number of hydrogen-bond donors (Lipinski definition) is 0. The lowest BCUT2D eigenvalue weighted by atomic mass is 10.0. The van der Waals surface area contributed by atoms with Crippen molar-refractivity contribution in [1.29, 1.82) is 5.26 Å². The fourth-order valence-electron chi connectivity index (χ4n) is 2.35. The van der Waals surface area contributed by atoms with E-state index in [4.69, 9.17) is 10.00 Å². The maximum absolute atomic E-state index is 14.2. The standard InChI is InChI=1S/C20H14FNO/c21-19-11-10-16(13-22)12-18(19)17-8-4-5-9-20(17)23-14-15-6-2-1-3-7-15/h1-12H,14H2. The number of benzene rings is 3. The second-order valence-corrected chi connectivity index (χ2v) is 5.08. The summed E-state index contributed by atoms with van der Waals surface area (Å²) >= 11 is 0. The van der Waals surface area contributed by atoms with Gasteiger partial charge in [-0.3, -0.25) is 0 Å². The van der Waals surface area contributed by atoms with Gasteiger partial charge in [0.2, 0.25) is 0 Å². The average Bonchev–Trinajstić information content (AvgIpc) is 2.62. The lowest BCUT2D eigenvalue weighted by molar-refractivity contribution is 0.307. The summed E-state index contributed by atoms with van der Waals surface area (Å²) in [6.07, 6.45) is 0. The summed E-state index contributed by atoms with van der Waals surface area (Å²) in [6.45, 7) is 0.400. The van der Waals surface area contributed by atoms with Gasteiger partial charge in [0.25, 0.3) is 0 Å². The van der Waals surface area contributed by atoms with Gasteiger partial charge in [0, 0.05) is 11.1 Å². The minimum Gasteiger partial charge on any atom is -0.488 e. The molecule has 0 atom stereocenters. The van der Waals surface area contributed by atoms with Gasteiger partial charge in [0.05, 0.1) is 11.6 Å². The molecule has 0 fully saturated rings. The molecule has 0 N–H and O–H groups in total. The Hall–Kier alpha value is -3.12.